The van der Waals surface area contributed by atoms with Gasteiger partial charge in [0, 0.05) is 11.5 Å². The van der Waals surface area contributed by atoms with Crippen LogP contribution < -0.4 is 15.4 Å². The lowest BCUT2D eigenvalue weighted by Crippen LogP contribution is -2.44. The molecule has 1 aliphatic heterocycles. The van der Waals surface area contributed by atoms with E-state index in [2.05, 4.69) is 15.6 Å². The molecule has 0 spiro atoms. The van der Waals surface area contributed by atoms with Crippen molar-refractivity contribution in [1.82, 2.24) is 10.3 Å². The molecule has 2 rings (SSSR count). The minimum atomic E-state index is -0.397. The van der Waals surface area contributed by atoms with Gasteiger partial charge >= 0.3 is 0 Å². The topological polar surface area (TPSA) is 63.2 Å². The first-order valence-electron chi connectivity index (χ1n) is 7.65. The molecule has 0 aliphatic carbocycles. The fourth-order valence-corrected chi connectivity index (χ4v) is 2.63. The standard InChI is InChI=1S/C16H25N3O2/c1-4-21-14-8-7-13(11-18-14)19-15(20)16(2,3)12-6-5-9-17-10-12/h7-8,11-12,17H,4-6,9-10H2,1-3H3,(H,19,20). The number of nitrogens with one attached hydrogen (secondary N) is 2. The SMILES string of the molecule is CCOc1ccc(NC(=O)C(C)(C)C2CCCNC2)cn1. The number of hydrogen-bond acceptors (Lipinski definition) is 4. The summed E-state index contributed by atoms with van der Waals surface area (Å²) in [7, 11) is 0. The second kappa shape index (κ2) is 6.89. The van der Waals surface area contributed by atoms with E-state index in [1.54, 1.807) is 12.3 Å². The number of carbonyl (C=O) groups excluding carboxylic acids is 1. The molecule has 1 aromatic heterocycles. The summed E-state index contributed by atoms with van der Waals surface area (Å²) in [5.74, 6) is 0.982. The van der Waals surface area contributed by atoms with Crippen molar-refractivity contribution in [2.75, 3.05) is 25.0 Å². The Bertz CT molecular complexity index is 465. The van der Waals surface area contributed by atoms with Crippen molar-refractivity contribution < 1.29 is 9.53 Å². The molecule has 21 heavy (non-hydrogen) atoms. The third-order valence-electron chi connectivity index (χ3n) is 4.19. The molecule has 1 aromatic rings. The summed E-state index contributed by atoms with van der Waals surface area (Å²) in [5, 5.41) is 6.34. The minimum absolute atomic E-state index is 0.0437. The van der Waals surface area contributed by atoms with Gasteiger partial charge in [-0.15, -0.1) is 0 Å². The Morgan fingerprint density at radius 3 is 2.90 bits per heavy atom. The van der Waals surface area contributed by atoms with E-state index in [9.17, 15) is 4.79 Å². The molecule has 2 N–H and O–H groups in total. The summed E-state index contributed by atoms with van der Waals surface area (Å²) in [5.41, 5.74) is 0.312. The first-order chi connectivity index (χ1) is 10.0. The van der Waals surface area contributed by atoms with Crippen LogP contribution in [0, 0.1) is 11.3 Å². The second-order valence-electron chi connectivity index (χ2n) is 6.04. The maximum absolute atomic E-state index is 12.5. The first kappa shape index (κ1) is 15.8. The molecule has 0 saturated carbocycles. The normalized spacial score (nSPS) is 19.1. The Hall–Kier alpha value is -1.62. The number of ether oxygens (including phenoxy) is 1. The summed E-state index contributed by atoms with van der Waals surface area (Å²) < 4.78 is 5.30. The highest BCUT2D eigenvalue weighted by atomic mass is 16.5. The number of hydrogen-bond donors (Lipinski definition) is 2. The fraction of sp³-hybridized carbons (Fsp3) is 0.625. The molecule has 1 atom stereocenters. The lowest BCUT2D eigenvalue weighted by Gasteiger charge is -2.36. The van der Waals surface area contributed by atoms with Crippen LogP contribution in [0.3, 0.4) is 0 Å². The Morgan fingerprint density at radius 1 is 1.52 bits per heavy atom. The van der Waals surface area contributed by atoms with Gasteiger partial charge in [0.2, 0.25) is 11.8 Å². The summed E-state index contributed by atoms with van der Waals surface area (Å²) in [6.07, 6.45) is 3.86. The molecular formula is C16H25N3O2. The van der Waals surface area contributed by atoms with Crippen molar-refractivity contribution in [3.8, 4) is 5.88 Å². The fourth-order valence-electron chi connectivity index (χ4n) is 2.63. The Morgan fingerprint density at radius 2 is 2.33 bits per heavy atom. The van der Waals surface area contributed by atoms with Crippen molar-refractivity contribution >= 4 is 11.6 Å². The molecule has 1 unspecified atom stereocenters. The smallest absolute Gasteiger partial charge is 0.230 e. The molecule has 1 aliphatic rings. The quantitative estimate of drug-likeness (QED) is 0.874. The van der Waals surface area contributed by atoms with E-state index < -0.39 is 5.41 Å². The molecule has 1 amide bonds. The third kappa shape index (κ3) is 3.94. The Kier molecular flexibility index (Phi) is 5.17. The Balaban J connectivity index is 1.98. The van der Waals surface area contributed by atoms with Gasteiger partial charge in [0.15, 0.2) is 0 Å². The van der Waals surface area contributed by atoms with Crippen LogP contribution in [0.1, 0.15) is 33.6 Å². The van der Waals surface area contributed by atoms with Crippen molar-refractivity contribution in [3.63, 3.8) is 0 Å². The highest BCUT2D eigenvalue weighted by Crippen LogP contribution is 2.33. The summed E-state index contributed by atoms with van der Waals surface area (Å²) in [6, 6.07) is 3.60. The number of amides is 1. The molecule has 5 nitrogen and oxygen atoms in total. The number of aromatic nitrogens is 1. The van der Waals surface area contributed by atoms with E-state index in [4.69, 9.17) is 4.74 Å². The zero-order chi connectivity index (χ0) is 15.3. The van der Waals surface area contributed by atoms with Crippen LogP contribution in [0.25, 0.3) is 0 Å². The lowest BCUT2D eigenvalue weighted by molar-refractivity contribution is -0.127. The van der Waals surface area contributed by atoms with Crippen molar-refractivity contribution in [1.29, 1.82) is 0 Å². The van der Waals surface area contributed by atoms with Crippen LogP contribution in [-0.4, -0.2) is 30.6 Å². The number of piperidine rings is 1. The predicted molar refractivity (Wildman–Crippen MR) is 83.4 cm³/mol. The van der Waals surface area contributed by atoms with E-state index in [1.807, 2.05) is 26.8 Å². The van der Waals surface area contributed by atoms with Crippen molar-refractivity contribution in [2.45, 2.75) is 33.6 Å². The van der Waals surface area contributed by atoms with E-state index in [0.29, 0.717) is 24.1 Å². The maximum Gasteiger partial charge on any atom is 0.230 e. The zero-order valence-electron chi connectivity index (χ0n) is 13.1. The van der Waals surface area contributed by atoms with Crippen LogP contribution in [0.4, 0.5) is 5.69 Å². The maximum atomic E-state index is 12.5. The van der Waals surface area contributed by atoms with Gasteiger partial charge in [0.25, 0.3) is 0 Å². The average molecular weight is 291 g/mol. The number of carbonyl (C=O) groups is 1. The van der Waals surface area contributed by atoms with E-state index in [0.717, 1.165) is 25.9 Å². The summed E-state index contributed by atoms with van der Waals surface area (Å²) in [6.45, 7) is 8.49. The average Bonchev–Trinajstić information content (AvgIpc) is 2.50. The van der Waals surface area contributed by atoms with Gasteiger partial charge in [0.05, 0.1) is 18.5 Å². The summed E-state index contributed by atoms with van der Waals surface area (Å²) >= 11 is 0. The third-order valence-corrected chi connectivity index (χ3v) is 4.19. The second-order valence-corrected chi connectivity index (χ2v) is 6.04. The molecule has 5 heteroatoms. The molecule has 0 radical (unpaired) electrons. The van der Waals surface area contributed by atoms with Gasteiger partial charge in [-0.25, -0.2) is 4.98 Å². The van der Waals surface area contributed by atoms with Crippen LogP contribution in [-0.2, 0) is 4.79 Å². The molecule has 116 valence electrons. The Labute approximate surface area is 126 Å². The highest BCUT2D eigenvalue weighted by molar-refractivity contribution is 5.94. The molecular weight excluding hydrogens is 266 g/mol. The molecule has 0 aromatic carbocycles. The van der Waals surface area contributed by atoms with Crippen LogP contribution in [0.15, 0.2) is 18.3 Å². The predicted octanol–water partition coefficient (Wildman–Crippen LogP) is 2.44. The summed E-state index contributed by atoms with van der Waals surface area (Å²) in [4.78, 5) is 16.7. The number of anilines is 1. The van der Waals surface area contributed by atoms with Gasteiger partial charge in [-0.2, -0.15) is 0 Å². The van der Waals surface area contributed by atoms with Crippen LogP contribution >= 0.6 is 0 Å². The van der Waals surface area contributed by atoms with Gasteiger partial charge < -0.3 is 15.4 Å². The zero-order valence-corrected chi connectivity index (χ0v) is 13.1. The van der Waals surface area contributed by atoms with Gasteiger partial charge in [-0.05, 0) is 44.8 Å². The monoisotopic (exact) mass is 291 g/mol. The lowest BCUT2D eigenvalue weighted by atomic mass is 9.74. The van der Waals surface area contributed by atoms with E-state index in [1.165, 1.54) is 0 Å². The minimum Gasteiger partial charge on any atom is -0.478 e. The first-order valence-corrected chi connectivity index (χ1v) is 7.65. The number of pyridine rings is 1. The molecule has 1 fully saturated rings. The number of rotatable bonds is 5. The highest BCUT2D eigenvalue weighted by Gasteiger charge is 2.37. The van der Waals surface area contributed by atoms with Crippen LogP contribution in [0.5, 0.6) is 5.88 Å². The van der Waals surface area contributed by atoms with Gasteiger partial charge in [-0.3, -0.25) is 4.79 Å². The molecule has 1 saturated heterocycles. The van der Waals surface area contributed by atoms with Crippen molar-refractivity contribution in [3.05, 3.63) is 18.3 Å². The van der Waals surface area contributed by atoms with Crippen LogP contribution in [0.2, 0.25) is 0 Å². The molecule has 2 heterocycles. The van der Waals surface area contributed by atoms with Gasteiger partial charge in [-0.1, -0.05) is 13.8 Å². The van der Waals surface area contributed by atoms with Crippen molar-refractivity contribution in [2.24, 2.45) is 11.3 Å². The van der Waals surface area contributed by atoms with E-state index in [-0.39, 0.29) is 5.91 Å². The molecule has 0 bridgehead atoms. The number of nitrogens with zero attached hydrogens (tertiary/aromatic N) is 1. The van der Waals surface area contributed by atoms with Gasteiger partial charge in [0.1, 0.15) is 0 Å². The largest absolute Gasteiger partial charge is 0.478 e. The van der Waals surface area contributed by atoms with E-state index >= 15 is 0 Å².